The molecule has 1 aliphatic rings. The molecule has 1 aliphatic carbocycles. The van der Waals surface area contributed by atoms with Crippen molar-refractivity contribution in [3.8, 4) is 0 Å². The summed E-state index contributed by atoms with van der Waals surface area (Å²) in [4.78, 5) is 4.40. The fraction of sp³-hybridized carbons (Fsp3) is 0.471. The summed E-state index contributed by atoms with van der Waals surface area (Å²) in [5.41, 5.74) is 8.82. The van der Waals surface area contributed by atoms with Crippen molar-refractivity contribution in [3.63, 3.8) is 0 Å². The molecule has 106 valence electrons. The molecule has 3 nitrogen and oxygen atoms in total. The Hall–Kier alpha value is -1.77. The van der Waals surface area contributed by atoms with E-state index in [1.807, 2.05) is 18.3 Å². The van der Waals surface area contributed by atoms with E-state index in [4.69, 9.17) is 5.73 Å². The largest absolute Gasteiger partial charge is 0.397 e. The van der Waals surface area contributed by atoms with Gasteiger partial charge in [-0.3, -0.25) is 4.98 Å². The molecule has 0 saturated heterocycles. The molecular formula is C17H23N3. The second kappa shape index (κ2) is 5.31. The van der Waals surface area contributed by atoms with Gasteiger partial charge in [0.2, 0.25) is 0 Å². The van der Waals surface area contributed by atoms with Gasteiger partial charge in [0.1, 0.15) is 0 Å². The molecule has 3 rings (SSSR count). The Balaban J connectivity index is 1.89. The van der Waals surface area contributed by atoms with Crippen molar-refractivity contribution in [1.29, 1.82) is 0 Å². The monoisotopic (exact) mass is 269 g/mol. The maximum Gasteiger partial charge on any atom is 0.0951 e. The van der Waals surface area contributed by atoms with Crippen molar-refractivity contribution in [2.75, 3.05) is 11.1 Å². The van der Waals surface area contributed by atoms with E-state index in [0.717, 1.165) is 34.1 Å². The number of nitrogens with zero attached hydrogens (tertiary/aromatic N) is 1. The molecule has 2 atom stereocenters. The fourth-order valence-electron chi connectivity index (χ4n) is 3.61. The third-order valence-corrected chi connectivity index (χ3v) is 4.34. The van der Waals surface area contributed by atoms with Crippen LogP contribution in [0, 0.1) is 11.8 Å². The number of hydrogen-bond donors (Lipinski definition) is 2. The highest BCUT2D eigenvalue weighted by Gasteiger charge is 2.24. The lowest BCUT2D eigenvalue weighted by atomic mass is 9.80. The topological polar surface area (TPSA) is 50.9 Å². The van der Waals surface area contributed by atoms with Gasteiger partial charge in [0.15, 0.2) is 0 Å². The smallest absolute Gasteiger partial charge is 0.0951 e. The van der Waals surface area contributed by atoms with Crippen molar-refractivity contribution in [2.24, 2.45) is 11.8 Å². The molecule has 20 heavy (non-hydrogen) atoms. The summed E-state index contributed by atoms with van der Waals surface area (Å²) in [7, 11) is 0. The van der Waals surface area contributed by atoms with E-state index in [2.05, 4.69) is 36.3 Å². The predicted octanol–water partition coefficient (Wildman–Crippen LogP) is 4.05. The van der Waals surface area contributed by atoms with Crippen molar-refractivity contribution in [3.05, 3.63) is 30.5 Å². The summed E-state index contributed by atoms with van der Waals surface area (Å²) < 4.78 is 0. The Morgan fingerprint density at radius 3 is 2.60 bits per heavy atom. The van der Waals surface area contributed by atoms with Gasteiger partial charge in [-0.25, -0.2) is 0 Å². The van der Waals surface area contributed by atoms with E-state index in [-0.39, 0.29) is 0 Å². The number of anilines is 2. The normalized spacial score (nSPS) is 26.6. The number of benzene rings is 1. The van der Waals surface area contributed by atoms with E-state index in [9.17, 15) is 0 Å². The number of nitrogens with two attached hydrogens (primary N) is 1. The van der Waals surface area contributed by atoms with Gasteiger partial charge in [-0.15, -0.1) is 0 Å². The molecule has 1 aromatic heterocycles. The van der Waals surface area contributed by atoms with Gasteiger partial charge in [-0.2, -0.15) is 0 Å². The maximum atomic E-state index is 6.01. The first-order chi connectivity index (χ1) is 9.63. The van der Waals surface area contributed by atoms with E-state index in [0.29, 0.717) is 6.04 Å². The van der Waals surface area contributed by atoms with Crippen LogP contribution in [0.4, 0.5) is 11.4 Å². The number of para-hydroxylation sites is 1. The maximum absolute atomic E-state index is 6.01. The number of nitrogens with one attached hydrogen (secondary N) is 1. The highest BCUT2D eigenvalue weighted by molar-refractivity contribution is 5.97. The number of rotatable bonds is 2. The standard InChI is InChI=1S/C17H23N3/c1-11-8-12(2)10-13(9-11)20-16-6-7-19-17-14(16)4-3-5-15(17)18/h3-7,11-13H,8-10,18H2,1-2H3,(H,19,20). The van der Waals surface area contributed by atoms with Crippen molar-refractivity contribution < 1.29 is 0 Å². The molecule has 2 aromatic rings. The molecule has 2 unspecified atom stereocenters. The Kier molecular flexibility index (Phi) is 3.51. The van der Waals surface area contributed by atoms with Crippen LogP contribution in [-0.4, -0.2) is 11.0 Å². The van der Waals surface area contributed by atoms with Gasteiger partial charge in [0, 0.05) is 23.3 Å². The van der Waals surface area contributed by atoms with Crippen molar-refractivity contribution in [2.45, 2.75) is 39.2 Å². The molecule has 0 bridgehead atoms. The molecule has 1 fully saturated rings. The van der Waals surface area contributed by atoms with Crippen LogP contribution < -0.4 is 11.1 Å². The molecule has 0 aliphatic heterocycles. The molecule has 0 amide bonds. The highest BCUT2D eigenvalue weighted by Crippen LogP contribution is 2.32. The Labute approximate surface area is 120 Å². The minimum atomic E-state index is 0.556. The SMILES string of the molecule is CC1CC(C)CC(Nc2ccnc3c(N)cccc23)C1. The lowest BCUT2D eigenvalue weighted by molar-refractivity contribution is 0.281. The van der Waals surface area contributed by atoms with Gasteiger partial charge in [-0.05, 0) is 43.2 Å². The number of pyridine rings is 1. The lowest BCUT2D eigenvalue weighted by Gasteiger charge is -2.32. The first-order valence-corrected chi connectivity index (χ1v) is 7.53. The van der Waals surface area contributed by atoms with E-state index >= 15 is 0 Å². The lowest BCUT2D eigenvalue weighted by Crippen LogP contribution is -2.30. The quantitative estimate of drug-likeness (QED) is 0.808. The van der Waals surface area contributed by atoms with Crippen LogP contribution >= 0.6 is 0 Å². The van der Waals surface area contributed by atoms with Crippen LogP contribution in [-0.2, 0) is 0 Å². The molecule has 1 saturated carbocycles. The zero-order valence-electron chi connectivity index (χ0n) is 12.3. The Morgan fingerprint density at radius 1 is 1.10 bits per heavy atom. The van der Waals surface area contributed by atoms with Crippen LogP contribution in [0.2, 0.25) is 0 Å². The van der Waals surface area contributed by atoms with Crippen molar-refractivity contribution >= 4 is 22.3 Å². The van der Waals surface area contributed by atoms with Gasteiger partial charge < -0.3 is 11.1 Å². The second-order valence-electron chi connectivity index (χ2n) is 6.36. The van der Waals surface area contributed by atoms with E-state index < -0.39 is 0 Å². The van der Waals surface area contributed by atoms with Crippen molar-refractivity contribution in [1.82, 2.24) is 4.98 Å². The van der Waals surface area contributed by atoms with Gasteiger partial charge >= 0.3 is 0 Å². The summed E-state index contributed by atoms with van der Waals surface area (Å²) in [5, 5.41) is 4.84. The molecule has 0 spiro atoms. The highest BCUT2D eigenvalue weighted by atomic mass is 14.9. The molecule has 0 radical (unpaired) electrons. The second-order valence-corrected chi connectivity index (χ2v) is 6.36. The average Bonchev–Trinajstić information content (AvgIpc) is 2.39. The molecule has 3 N–H and O–H groups in total. The summed E-state index contributed by atoms with van der Waals surface area (Å²) in [6, 6.07) is 8.61. The molecule has 1 aromatic carbocycles. The van der Waals surface area contributed by atoms with Gasteiger partial charge in [-0.1, -0.05) is 26.0 Å². The predicted molar refractivity (Wildman–Crippen MR) is 85.7 cm³/mol. The summed E-state index contributed by atoms with van der Waals surface area (Å²) in [6.45, 7) is 4.71. The zero-order valence-corrected chi connectivity index (χ0v) is 12.3. The minimum absolute atomic E-state index is 0.556. The molecule has 3 heteroatoms. The average molecular weight is 269 g/mol. The fourth-order valence-corrected chi connectivity index (χ4v) is 3.61. The summed E-state index contributed by atoms with van der Waals surface area (Å²) >= 11 is 0. The minimum Gasteiger partial charge on any atom is -0.397 e. The van der Waals surface area contributed by atoms with Gasteiger partial charge in [0.25, 0.3) is 0 Å². The third kappa shape index (κ3) is 2.58. The number of aromatic nitrogens is 1. The third-order valence-electron chi connectivity index (χ3n) is 4.34. The molecule has 1 heterocycles. The summed E-state index contributed by atoms with van der Waals surface area (Å²) in [6.07, 6.45) is 5.69. The van der Waals surface area contributed by atoms with Gasteiger partial charge in [0.05, 0.1) is 11.2 Å². The zero-order chi connectivity index (χ0) is 14.1. The first kappa shape index (κ1) is 13.2. The first-order valence-electron chi connectivity index (χ1n) is 7.53. The Morgan fingerprint density at radius 2 is 1.85 bits per heavy atom. The van der Waals surface area contributed by atoms with Crippen LogP contribution in [0.1, 0.15) is 33.1 Å². The Bertz CT molecular complexity index is 598. The number of nitrogen functional groups attached to an aromatic ring is 1. The van der Waals surface area contributed by atoms with Crippen LogP contribution in [0.25, 0.3) is 10.9 Å². The summed E-state index contributed by atoms with van der Waals surface area (Å²) in [5.74, 6) is 1.60. The van der Waals surface area contributed by atoms with E-state index in [1.54, 1.807) is 0 Å². The van der Waals surface area contributed by atoms with Crippen LogP contribution in [0.3, 0.4) is 0 Å². The van der Waals surface area contributed by atoms with E-state index in [1.165, 1.54) is 19.3 Å². The number of hydrogen-bond acceptors (Lipinski definition) is 3. The van der Waals surface area contributed by atoms with Crippen LogP contribution in [0.5, 0.6) is 0 Å². The molecular weight excluding hydrogens is 246 g/mol. The van der Waals surface area contributed by atoms with Crippen LogP contribution in [0.15, 0.2) is 30.5 Å². The number of fused-ring (bicyclic) bond motifs is 1.